The van der Waals surface area contributed by atoms with Crippen molar-refractivity contribution < 1.29 is 23.5 Å². The summed E-state index contributed by atoms with van der Waals surface area (Å²) < 4.78 is 15.6. The Hall–Kier alpha value is -2.47. The molecule has 0 bridgehead atoms. The van der Waals surface area contributed by atoms with Gasteiger partial charge in [0, 0.05) is 5.02 Å². The summed E-state index contributed by atoms with van der Waals surface area (Å²) in [5.41, 5.74) is 0. The van der Waals surface area contributed by atoms with E-state index in [1.807, 2.05) is 0 Å². The molecule has 0 saturated carbocycles. The Labute approximate surface area is 138 Å². The van der Waals surface area contributed by atoms with Crippen LogP contribution in [0.5, 0.6) is 5.75 Å². The minimum absolute atomic E-state index is 0.101. The molecule has 0 aliphatic carbocycles. The second-order valence-electron chi connectivity index (χ2n) is 4.50. The second kappa shape index (κ2) is 8.24. The average Bonchev–Trinajstić information content (AvgIpc) is 3.01. The molecule has 0 atom stereocenters. The van der Waals surface area contributed by atoms with Gasteiger partial charge in [0.25, 0.3) is 5.91 Å². The van der Waals surface area contributed by atoms with Gasteiger partial charge in [0.1, 0.15) is 24.7 Å². The fraction of sp³-hybridized carbons (Fsp3) is 0.250. The van der Waals surface area contributed by atoms with Crippen LogP contribution in [0.4, 0.5) is 0 Å². The van der Waals surface area contributed by atoms with Crippen molar-refractivity contribution in [1.82, 2.24) is 5.32 Å². The summed E-state index contributed by atoms with van der Waals surface area (Å²) in [5.74, 6) is 0.235. The Morgan fingerprint density at radius 1 is 1.17 bits per heavy atom. The number of halogens is 1. The van der Waals surface area contributed by atoms with Gasteiger partial charge in [0.2, 0.25) is 0 Å². The first-order valence-corrected chi connectivity index (χ1v) is 7.37. The van der Waals surface area contributed by atoms with Gasteiger partial charge in [-0.25, -0.2) is 0 Å². The number of hydrogen-bond acceptors (Lipinski definition) is 5. The summed E-state index contributed by atoms with van der Waals surface area (Å²) in [6, 6.07) is 10.0. The third kappa shape index (κ3) is 5.34. The number of carbonyl (C=O) groups is 2. The lowest BCUT2D eigenvalue weighted by atomic mass is 10.3. The highest BCUT2D eigenvalue weighted by molar-refractivity contribution is 6.30. The number of amides is 1. The zero-order chi connectivity index (χ0) is 16.7. The quantitative estimate of drug-likeness (QED) is 0.786. The van der Waals surface area contributed by atoms with Crippen LogP contribution in [-0.2, 0) is 16.1 Å². The van der Waals surface area contributed by atoms with E-state index in [0.717, 1.165) is 0 Å². The molecule has 122 valence electrons. The van der Waals surface area contributed by atoms with Crippen LogP contribution in [0.15, 0.2) is 40.8 Å². The highest BCUT2D eigenvalue weighted by Crippen LogP contribution is 2.17. The molecule has 0 spiro atoms. The van der Waals surface area contributed by atoms with E-state index >= 15 is 0 Å². The lowest BCUT2D eigenvalue weighted by molar-refractivity contribution is -0.141. The maximum Gasteiger partial charge on any atom is 0.325 e. The summed E-state index contributed by atoms with van der Waals surface area (Å²) in [5, 5.41) is 3.04. The molecule has 0 saturated heterocycles. The summed E-state index contributed by atoms with van der Waals surface area (Å²) in [4.78, 5) is 23.0. The van der Waals surface area contributed by atoms with Crippen molar-refractivity contribution in [3.8, 4) is 5.75 Å². The predicted molar refractivity (Wildman–Crippen MR) is 83.5 cm³/mol. The minimum atomic E-state index is -0.501. The molecule has 1 heterocycles. The van der Waals surface area contributed by atoms with Gasteiger partial charge in [0.15, 0.2) is 5.76 Å². The number of nitrogens with one attached hydrogen (secondary N) is 1. The highest BCUT2D eigenvalue weighted by atomic mass is 35.5. The second-order valence-corrected chi connectivity index (χ2v) is 4.93. The van der Waals surface area contributed by atoms with Gasteiger partial charge in [-0.3, -0.25) is 9.59 Å². The van der Waals surface area contributed by atoms with Gasteiger partial charge in [-0.2, -0.15) is 0 Å². The van der Waals surface area contributed by atoms with Crippen LogP contribution in [0, 0.1) is 0 Å². The van der Waals surface area contributed by atoms with Gasteiger partial charge in [-0.1, -0.05) is 11.6 Å². The molecule has 0 aliphatic rings. The average molecular weight is 338 g/mol. The fourth-order valence-corrected chi connectivity index (χ4v) is 1.84. The van der Waals surface area contributed by atoms with Gasteiger partial charge in [-0.15, -0.1) is 0 Å². The summed E-state index contributed by atoms with van der Waals surface area (Å²) in [7, 11) is 0. The Morgan fingerprint density at radius 3 is 2.61 bits per heavy atom. The van der Waals surface area contributed by atoms with Crippen LogP contribution in [-0.4, -0.2) is 25.0 Å². The standard InChI is InChI=1S/C16H16ClNO5/c1-2-21-15(19)9-18-16(20)14-8-7-13(23-14)10-22-12-5-3-11(17)4-6-12/h3-8H,2,9-10H2,1H3,(H,18,20). The number of esters is 1. The maximum absolute atomic E-state index is 11.8. The summed E-state index contributed by atoms with van der Waals surface area (Å²) in [6.45, 7) is 1.93. The van der Waals surface area contributed by atoms with Crippen molar-refractivity contribution in [1.29, 1.82) is 0 Å². The van der Waals surface area contributed by atoms with Crippen LogP contribution >= 0.6 is 11.6 Å². The topological polar surface area (TPSA) is 77.8 Å². The van der Waals surface area contributed by atoms with Crippen molar-refractivity contribution in [3.05, 3.63) is 52.9 Å². The minimum Gasteiger partial charge on any atom is -0.486 e. The molecule has 2 aromatic rings. The van der Waals surface area contributed by atoms with Gasteiger partial charge < -0.3 is 19.2 Å². The third-order valence-electron chi connectivity index (χ3n) is 2.78. The smallest absolute Gasteiger partial charge is 0.325 e. The number of ether oxygens (including phenoxy) is 2. The van der Waals surface area contributed by atoms with Crippen LogP contribution < -0.4 is 10.1 Å². The first-order chi connectivity index (χ1) is 11.1. The number of carbonyl (C=O) groups excluding carboxylic acids is 2. The first-order valence-electron chi connectivity index (χ1n) is 6.99. The van der Waals surface area contributed by atoms with Crippen molar-refractivity contribution >= 4 is 23.5 Å². The van der Waals surface area contributed by atoms with E-state index in [4.69, 9.17) is 25.5 Å². The van der Waals surface area contributed by atoms with Crippen LogP contribution in [0.2, 0.25) is 5.02 Å². The summed E-state index contributed by atoms with van der Waals surface area (Å²) in [6.07, 6.45) is 0. The van der Waals surface area contributed by atoms with Crippen molar-refractivity contribution in [2.45, 2.75) is 13.5 Å². The Bertz CT molecular complexity index is 665. The molecular formula is C16H16ClNO5. The van der Waals surface area contributed by atoms with Crippen molar-refractivity contribution in [2.24, 2.45) is 0 Å². The van der Waals surface area contributed by atoms with Crippen molar-refractivity contribution in [3.63, 3.8) is 0 Å². The van der Waals surface area contributed by atoms with Gasteiger partial charge >= 0.3 is 5.97 Å². The van der Waals surface area contributed by atoms with E-state index < -0.39 is 11.9 Å². The molecule has 7 heteroatoms. The molecule has 0 aliphatic heterocycles. The molecule has 1 aromatic heterocycles. The molecule has 1 aromatic carbocycles. The van der Waals surface area contributed by atoms with E-state index in [-0.39, 0.29) is 25.5 Å². The molecule has 1 N–H and O–H groups in total. The zero-order valence-corrected chi connectivity index (χ0v) is 13.3. The molecule has 2 rings (SSSR count). The van der Waals surface area contributed by atoms with Gasteiger partial charge in [0.05, 0.1) is 6.61 Å². The Balaban J connectivity index is 1.83. The largest absolute Gasteiger partial charge is 0.486 e. The monoisotopic (exact) mass is 337 g/mol. The zero-order valence-electron chi connectivity index (χ0n) is 12.5. The Kier molecular flexibility index (Phi) is 6.05. The van der Waals surface area contributed by atoms with Crippen molar-refractivity contribution in [2.75, 3.05) is 13.2 Å². The predicted octanol–water partition coefficient (Wildman–Crippen LogP) is 2.80. The molecule has 1 amide bonds. The number of hydrogen-bond donors (Lipinski definition) is 1. The molecule has 0 fully saturated rings. The maximum atomic E-state index is 11.8. The Morgan fingerprint density at radius 2 is 1.91 bits per heavy atom. The van der Waals surface area contributed by atoms with Crippen LogP contribution in [0.25, 0.3) is 0 Å². The van der Waals surface area contributed by atoms with E-state index in [1.54, 1.807) is 37.3 Å². The number of rotatable bonds is 7. The SMILES string of the molecule is CCOC(=O)CNC(=O)c1ccc(COc2ccc(Cl)cc2)o1. The summed E-state index contributed by atoms with van der Waals surface area (Å²) >= 11 is 5.79. The molecular weight excluding hydrogens is 322 g/mol. The van der Waals surface area contributed by atoms with Crippen LogP contribution in [0.3, 0.4) is 0 Å². The highest BCUT2D eigenvalue weighted by Gasteiger charge is 2.13. The number of furan rings is 1. The molecule has 23 heavy (non-hydrogen) atoms. The van der Waals surface area contributed by atoms with E-state index in [0.29, 0.717) is 16.5 Å². The third-order valence-corrected chi connectivity index (χ3v) is 3.03. The fourth-order valence-electron chi connectivity index (χ4n) is 1.71. The van der Waals surface area contributed by atoms with E-state index in [9.17, 15) is 9.59 Å². The lowest BCUT2D eigenvalue weighted by Gasteiger charge is -2.04. The van der Waals surface area contributed by atoms with Gasteiger partial charge in [-0.05, 0) is 43.3 Å². The molecule has 6 nitrogen and oxygen atoms in total. The molecule has 0 unspecified atom stereocenters. The van der Waals surface area contributed by atoms with E-state index in [2.05, 4.69) is 5.32 Å². The lowest BCUT2D eigenvalue weighted by Crippen LogP contribution is -2.30. The normalized spacial score (nSPS) is 10.2. The molecule has 0 radical (unpaired) electrons. The first kappa shape index (κ1) is 16.9. The van der Waals surface area contributed by atoms with Crippen LogP contribution in [0.1, 0.15) is 23.2 Å². The van der Waals surface area contributed by atoms with E-state index in [1.165, 1.54) is 6.07 Å². The number of benzene rings is 1.